The van der Waals surface area contributed by atoms with Crippen molar-refractivity contribution in [1.29, 1.82) is 0 Å². The van der Waals surface area contributed by atoms with Gasteiger partial charge < -0.3 is 20.1 Å². The van der Waals surface area contributed by atoms with E-state index in [0.717, 1.165) is 37.6 Å². The van der Waals surface area contributed by atoms with Gasteiger partial charge in [-0.25, -0.2) is 0 Å². The van der Waals surface area contributed by atoms with Gasteiger partial charge in [0, 0.05) is 25.9 Å². The Bertz CT molecular complexity index is 367. The van der Waals surface area contributed by atoms with E-state index in [1.165, 1.54) is 19.4 Å². The SMILES string of the molecule is COC1CCCN(CCCOc2ccc(N)cc2)C1. The number of nitrogens with two attached hydrogens (primary N) is 1. The van der Waals surface area contributed by atoms with Crippen molar-refractivity contribution in [3.63, 3.8) is 0 Å². The van der Waals surface area contributed by atoms with Crippen LogP contribution in [0.1, 0.15) is 19.3 Å². The minimum atomic E-state index is 0.409. The molecular formula is C15H24N2O2. The summed E-state index contributed by atoms with van der Waals surface area (Å²) in [7, 11) is 1.80. The highest BCUT2D eigenvalue weighted by molar-refractivity contribution is 5.41. The van der Waals surface area contributed by atoms with E-state index < -0.39 is 0 Å². The summed E-state index contributed by atoms with van der Waals surface area (Å²) >= 11 is 0. The van der Waals surface area contributed by atoms with Crippen molar-refractivity contribution in [2.75, 3.05) is 39.1 Å². The fourth-order valence-corrected chi connectivity index (χ4v) is 2.45. The Hall–Kier alpha value is -1.26. The molecule has 1 unspecified atom stereocenters. The molecule has 1 heterocycles. The van der Waals surface area contributed by atoms with Gasteiger partial charge in [0.05, 0.1) is 12.7 Å². The van der Waals surface area contributed by atoms with E-state index in [9.17, 15) is 0 Å². The quantitative estimate of drug-likeness (QED) is 0.632. The Morgan fingerprint density at radius 3 is 2.84 bits per heavy atom. The van der Waals surface area contributed by atoms with Crippen molar-refractivity contribution in [3.8, 4) is 5.75 Å². The normalized spacial score (nSPS) is 20.4. The second-order valence-corrected chi connectivity index (χ2v) is 5.07. The molecule has 2 N–H and O–H groups in total. The molecule has 1 aliphatic rings. The van der Waals surface area contributed by atoms with Gasteiger partial charge in [-0.2, -0.15) is 0 Å². The average Bonchev–Trinajstić information content (AvgIpc) is 2.46. The number of piperidine rings is 1. The zero-order valence-electron chi connectivity index (χ0n) is 11.7. The smallest absolute Gasteiger partial charge is 0.119 e. The summed E-state index contributed by atoms with van der Waals surface area (Å²) in [6.07, 6.45) is 3.87. The first-order valence-corrected chi connectivity index (χ1v) is 7.01. The molecule has 0 aliphatic carbocycles. The number of benzene rings is 1. The van der Waals surface area contributed by atoms with Crippen LogP contribution in [0.5, 0.6) is 5.75 Å². The summed E-state index contributed by atoms with van der Waals surface area (Å²) in [5.74, 6) is 0.891. The Kier molecular flexibility index (Phi) is 5.48. The highest BCUT2D eigenvalue weighted by Crippen LogP contribution is 2.14. The van der Waals surface area contributed by atoms with Gasteiger partial charge in [-0.1, -0.05) is 0 Å². The van der Waals surface area contributed by atoms with Crippen molar-refractivity contribution >= 4 is 5.69 Å². The van der Waals surface area contributed by atoms with Crippen LogP contribution in [-0.2, 0) is 4.74 Å². The predicted molar refractivity (Wildman–Crippen MR) is 77.4 cm³/mol. The minimum Gasteiger partial charge on any atom is -0.494 e. The van der Waals surface area contributed by atoms with Crippen LogP contribution in [0.2, 0.25) is 0 Å². The second kappa shape index (κ2) is 7.36. The lowest BCUT2D eigenvalue weighted by Gasteiger charge is -2.31. The van der Waals surface area contributed by atoms with Crippen molar-refractivity contribution in [3.05, 3.63) is 24.3 Å². The second-order valence-electron chi connectivity index (χ2n) is 5.07. The Balaban J connectivity index is 1.62. The standard InChI is InChI=1S/C15H24N2O2/c1-18-15-4-2-9-17(12-15)10-3-11-19-14-7-5-13(16)6-8-14/h5-8,15H,2-4,9-12,16H2,1H3. The molecule has 1 aromatic rings. The molecule has 4 nitrogen and oxygen atoms in total. The molecule has 106 valence electrons. The lowest BCUT2D eigenvalue weighted by Crippen LogP contribution is -2.40. The van der Waals surface area contributed by atoms with E-state index in [2.05, 4.69) is 4.90 Å². The van der Waals surface area contributed by atoms with Crippen LogP contribution >= 0.6 is 0 Å². The van der Waals surface area contributed by atoms with Crippen molar-refractivity contribution < 1.29 is 9.47 Å². The third-order valence-corrected chi connectivity index (χ3v) is 3.56. The van der Waals surface area contributed by atoms with E-state index in [4.69, 9.17) is 15.2 Å². The molecule has 1 aliphatic heterocycles. The van der Waals surface area contributed by atoms with E-state index in [0.29, 0.717) is 6.10 Å². The van der Waals surface area contributed by atoms with Gasteiger partial charge in [0.15, 0.2) is 0 Å². The van der Waals surface area contributed by atoms with Crippen LogP contribution in [0.4, 0.5) is 5.69 Å². The molecule has 0 bridgehead atoms. The maximum absolute atomic E-state index is 5.69. The number of likely N-dealkylation sites (tertiary alicyclic amines) is 1. The first kappa shape index (κ1) is 14.2. The number of anilines is 1. The van der Waals surface area contributed by atoms with Crippen LogP contribution in [0, 0.1) is 0 Å². The lowest BCUT2D eigenvalue weighted by molar-refractivity contribution is 0.0299. The molecule has 0 spiro atoms. The van der Waals surface area contributed by atoms with Crippen LogP contribution in [0.15, 0.2) is 24.3 Å². The van der Waals surface area contributed by atoms with Gasteiger partial charge in [0.1, 0.15) is 5.75 Å². The largest absolute Gasteiger partial charge is 0.494 e. The molecule has 0 amide bonds. The summed E-state index contributed by atoms with van der Waals surface area (Å²) in [5.41, 5.74) is 6.40. The van der Waals surface area contributed by atoms with Gasteiger partial charge in [-0.05, 0) is 50.1 Å². The average molecular weight is 264 g/mol. The van der Waals surface area contributed by atoms with E-state index in [-0.39, 0.29) is 0 Å². The zero-order chi connectivity index (χ0) is 13.5. The Morgan fingerprint density at radius 1 is 1.32 bits per heavy atom. The summed E-state index contributed by atoms with van der Waals surface area (Å²) in [5, 5.41) is 0. The topological polar surface area (TPSA) is 47.7 Å². The van der Waals surface area contributed by atoms with Gasteiger partial charge >= 0.3 is 0 Å². The maximum Gasteiger partial charge on any atom is 0.119 e. The molecule has 0 aromatic heterocycles. The number of ether oxygens (including phenoxy) is 2. The number of methoxy groups -OCH3 is 1. The fourth-order valence-electron chi connectivity index (χ4n) is 2.45. The fraction of sp³-hybridized carbons (Fsp3) is 0.600. The summed E-state index contributed by atoms with van der Waals surface area (Å²) in [6.45, 7) is 4.06. The first-order chi connectivity index (χ1) is 9.28. The third kappa shape index (κ3) is 4.73. The molecule has 1 aromatic carbocycles. The third-order valence-electron chi connectivity index (χ3n) is 3.56. The number of hydrogen-bond donors (Lipinski definition) is 1. The van der Waals surface area contributed by atoms with E-state index in [1.54, 1.807) is 7.11 Å². The van der Waals surface area contributed by atoms with Crippen LogP contribution < -0.4 is 10.5 Å². The van der Waals surface area contributed by atoms with Crippen molar-refractivity contribution in [2.24, 2.45) is 0 Å². The van der Waals surface area contributed by atoms with Crippen LogP contribution in [0.3, 0.4) is 0 Å². The molecule has 1 fully saturated rings. The molecule has 2 rings (SSSR count). The molecule has 4 heteroatoms. The van der Waals surface area contributed by atoms with E-state index >= 15 is 0 Å². The van der Waals surface area contributed by atoms with Crippen molar-refractivity contribution in [2.45, 2.75) is 25.4 Å². The molecule has 1 atom stereocenters. The molecular weight excluding hydrogens is 240 g/mol. The predicted octanol–water partition coefficient (Wildman–Crippen LogP) is 2.15. The summed E-state index contributed by atoms with van der Waals surface area (Å²) < 4.78 is 11.1. The summed E-state index contributed by atoms with van der Waals surface area (Å²) in [4.78, 5) is 2.46. The number of nitrogens with zero attached hydrogens (tertiary/aromatic N) is 1. The van der Waals surface area contributed by atoms with E-state index in [1.807, 2.05) is 24.3 Å². The molecule has 0 saturated carbocycles. The number of nitrogen functional groups attached to an aromatic ring is 1. The van der Waals surface area contributed by atoms with Crippen LogP contribution in [0.25, 0.3) is 0 Å². The molecule has 19 heavy (non-hydrogen) atoms. The minimum absolute atomic E-state index is 0.409. The molecule has 0 radical (unpaired) electrons. The molecule has 1 saturated heterocycles. The zero-order valence-corrected chi connectivity index (χ0v) is 11.7. The Morgan fingerprint density at radius 2 is 2.11 bits per heavy atom. The highest BCUT2D eigenvalue weighted by Gasteiger charge is 2.18. The van der Waals surface area contributed by atoms with Gasteiger partial charge in [-0.15, -0.1) is 0 Å². The first-order valence-electron chi connectivity index (χ1n) is 7.01. The number of rotatable bonds is 6. The summed E-state index contributed by atoms with van der Waals surface area (Å²) in [6, 6.07) is 7.56. The highest BCUT2D eigenvalue weighted by atomic mass is 16.5. The lowest BCUT2D eigenvalue weighted by atomic mass is 10.1. The van der Waals surface area contributed by atoms with Gasteiger partial charge in [0.2, 0.25) is 0 Å². The van der Waals surface area contributed by atoms with Gasteiger partial charge in [-0.3, -0.25) is 0 Å². The van der Waals surface area contributed by atoms with Gasteiger partial charge in [0.25, 0.3) is 0 Å². The Labute approximate surface area is 115 Å². The van der Waals surface area contributed by atoms with Crippen molar-refractivity contribution in [1.82, 2.24) is 4.90 Å². The number of hydrogen-bond acceptors (Lipinski definition) is 4. The van der Waals surface area contributed by atoms with Crippen LogP contribution in [-0.4, -0.2) is 44.4 Å². The maximum atomic E-state index is 5.69. The monoisotopic (exact) mass is 264 g/mol.